The summed E-state index contributed by atoms with van der Waals surface area (Å²) < 4.78 is 47.6. The van der Waals surface area contributed by atoms with E-state index >= 15 is 0 Å². The molecule has 0 radical (unpaired) electrons. The van der Waals surface area contributed by atoms with Gasteiger partial charge in [0.25, 0.3) is 10.1 Å². The van der Waals surface area contributed by atoms with E-state index in [0.29, 0.717) is 5.56 Å². The topological polar surface area (TPSA) is 69.6 Å². The third-order valence-electron chi connectivity index (χ3n) is 7.60. The smallest absolute Gasteiger partial charge is 0.294 e. The highest BCUT2D eigenvalue weighted by molar-refractivity contribution is 7.85. The van der Waals surface area contributed by atoms with Gasteiger partial charge < -0.3 is 5.32 Å². The lowest BCUT2D eigenvalue weighted by atomic mass is 9.80. The van der Waals surface area contributed by atoms with E-state index in [9.17, 15) is 17.4 Å². The number of piperidine rings is 1. The third kappa shape index (κ3) is 5.13. The molecular formula is C28H31FN2O3S. The van der Waals surface area contributed by atoms with Crippen LogP contribution < -0.4 is 5.32 Å². The summed E-state index contributed by atoms with van der Waals surface area (Å²) in [6.07, 6.45) is 3.62. The lowest BCUT2D eigenvalue weighted by Crippen LogP contribution is -2.48. The van der Waals surface area contributed by atoms with Crippen LogP contribution in [-0.4, -0.2) is 36.5 Å². The number of aryl methyl sites for hydroxylation is 1. The Kier molecular flexibility index (Phi) is 6.42. The van der Waals surface area contributed by atoms with Crippen LogP contribution in [0.15, 0.2) is 71.6 Å². The van der Waals surface area contributed by atoms with Gasteiger partial charge in [0.15, 0.2) is 0 Å². The predicted molar refractivity (Wildman–Crippen MR) is 136 cm³/mol. The molecule has 2 aliphatic rings. The summed E-state index contributed by atoms with van der Waals surface area (Å²) in [7, 11) is -4.34. The highest BCUT2D eigenvalue weighted by Crippen LogP contribution is 2.45. The van der Waals surface area contributed by atoms with Crippen molar-refractivity contribution in [2.24, 2.45) is 0 Å². The van der Waals surface area contributed by atoms with Gasteiger partial charge in [0.05, 0.1) is 4.90 Å². The zero-order valence-corrected chi connectivity index (χ0v) is 20.7. The van der Waals surface area contributed by atoms with E-state index in [1.54, 1.807) is 6.07 Å². The monoisotopic (exact) mass is 494 g/mol. The Bertz CT molecular complexity index is 1320. The Morgan fingerprint density at radius 3 is 2.43 bits per heavy atom. The van der Waals surface area contributed by atoms with Crippen LogP contribution in [0.5, 0.6) is 0 Å². The standard InChI is InChI=1S/C28H31FN2O3S/c1-20-6-11-27(35(32,33)34)25(18-20)23-12-13-28(30-26-5-3-2-4-24(23)26)14-16-31(17-15-28)19-21-7-9-22(29)10-8-21/h2-11,18,23,30H,12-17,19H2,1H3,(H,32,33,34). The van der Waals surface area contributed by atoms with Crippen molar-refractivity contribution in [1.82, 2.24) is 4.90 Å². The van der Waals surface area contributed by atoms with Crippen LogP contribution >= 0.6 is 0 Å². The van der Waals surface area contributed by atoms with Crippen molar-refractivity contribution in [1.29, 1.82) is 0 Å². The number of fused-ring (bicyclic) bond motifs is 1. The van der Waals surface area contributed by atoms with Crippen molar-refractivity contribution in [3.05, 3.63) is 94.8 Å². The van der Waals surface area contributed by atoms with E-state index in [1.807, 2.05) is 37.3 Å². The van der Waals surface area contributed by atoms with Gasteiger partial charge in [0.1, 0.15) is 5.82 Å². The van der Waals surface area contributed by atoms with Gasteiger partial charge in [-0.15, -0.1) is 0 Å². The van der Waals surface area contributed by atoms with Gasteiger partial charge in [-0.3, -0.25) is 9.45 Å². The van der Waals surface area contributed by atoms with E-state index in [4.69, 9.17) is 0 Å². The maximum atomic E-state index is 13.3. The highest BCUT2D eigenvalue weighted by Gasteiger charge is 2.39. The first-order valence-electron chi connectivity index (χ1n) is 12.1. The fourth-order valence-electron chi connectivity index (χ4n) is 5.70. The zero-order valence-electron chi connectivity index (χ0n) is 19.9. The van der Waals surface area contributed by atoms with Gasteiger partial charge in [0, 0.05) is 36.8 Å². The maximum absolute atomic E-state index is 13.3. The van der Waals surface area contributed by atoms with E-state index < -0.39 is 10.1 Å². The van der Waals surface area contributed by atoms with Gasteiger partial charge in [-0.25, -0.2) is 4.39 Å². The van der Waals surface area contributed by atoms with Crippen molar-refractivity contribution >= 4 is 15.8 Å². The fourth-order valence-corrected chi connectivity index (χ4v) is 6.44. The molecule has 5 nitrogen and oxygen atoms in total. The fraction of sp³-hybridized carbons (Fsp3) is 0.357. The second-order valence-electron chi connectivity index (χ2n) is 10.0. The summed E-state index contributed by atoms with van der Waals surface area (Å²) in [4.78, 5) is 2.40. The molecule has 2 N–H and O–H groups in total. The van der Waals surface area contributed by atoms with E-state index in [-0.39, 0.29) is 22.2 Å². The molecule has 1 atom stereocenters. The normalized spacial score (nSPS) is 20.1. The van der Waals surface area contributed by atoms with Crippen LogP contribution in [0, 0.1) is 12.7 Å². The average molecular weight is 495 g/mol. The van der Waals surface area contributed by atoms with Crippen LogP contribution in [0.2, 0.25) is 0 Å². The first kappa shape index (κ1) is 24.0. The molecular weight excluding hydrogens is 463 g/mol. The van der Waals surface area contributed by atoms with Gasteiger partial charge in [-0.1, -0.05) is 48.0 Å². The average Bonchev–Trinajstić information content (AvgIpc) is 2.98. The number of hydrogen-bond acceptors (Lipinski definition) is 4. The maximum Gasteiger partial charge on any atom is 0.294 e. The second kappa shape index (κ2) is 9.37. The molecule has 5 rings (SSSR count). The highest BCUT2D eigenvalue weighted by atomic mass is 32.2. The molecule has 1 saturated heterocycles. The van der Waals surface area contributed by atoms with Crippen LogP contribution in [0.4, 0.5) is 10.1 Å². The Morgan fingerprint density at radius 2 is 1.71 bits per heavy atom. The molecule has 2 aliphatic heterocycles. The van der Waals surface area contributed by atoms with Crippen LogP contribution in [0.25, 0.3) is 0 Å². The van der Waals surface area contributed by atoms with Crippen LogP contribution in [0.1, 0.15) is 53.9 Å². The summed E-state index contributed by atoms with van der Waals surface area (Å²) >= 11 is 0. The number of anilines is 1. The molecule has 0 saturated carbocycles. The lowest BCUT2D eigenvalue weighted by Gasteiger charge is -2.42. The van der Waals surface area contributed by atoms with Crippen molar-refractivity contribution in [3.63, 3.8) is 0 Å². The van der Waals surface area contributed by atoms with Crippen LogP contribution in [-0.2, 0) is 16.7 Å². The molecule has 1 spiro atoms. The van der Waals surface area contributed by atoms with Gasteiger partial charge in [0.2, 0.25) is 0 Å². The molecule has 0 bridgehead atoms. The molecule has 1 unspecified atom stereocenters. The Labute approximate surface area is 206 Å². The molecule has 2 heterocycles. The minimum absolute atomic E-state index is 0.00651. The SMILES string of the molecule is Cc1ccc(S(=O)(=O)O)c(C2CCC3(CCN(Cc4ccc(F)cc4)CC3)Nc3ccccc32)c1. The van der Waals surface area contributed by atoms with Gasteiger partial charge in [-0.05, 0) is 73.6 Å². The number of nitrogens with zero attached hydrogens (tertiary/aromatic N) is 1. The minimum atomic E-state index is -4.34. The molecule has 0 aromatic heterocycles. The Morgan fingerprint density at radius 1 is 1.00 bits per heavy atom. The summed E-state index contributed by atoms with van der Waals surface area (Å²) in [5.74, 6) is -0.347. The third-order valence-corrected chi connectivity index (χ3v) is 8.53. The first-order chi connectivity index (χ1) is 16.7. The number of rotatable bonds is 4. The molecule has 7 heteroatoms. The summed E-state index contributed by atoms with van der Waals surface area (Å²) in [5.41, 5.74) is 4.75. The van der Waals surface area contributed by atoms with Crippen LogP contribution in [0.3, 0.4) is 0 Å². The van der Waals surface area contributed by atoms with Crippen molar-refractivity contribution < 1.29 is 17.4 Å². The van der Waals surface area contributed by atoms with Crippen molar-refractivity contribution in [2.75, 3.05) is 18.4 Å². The molecule has 35 heavy (non-hydrogen) atoms. The zero-order chi connectivity index (χ0) is 24.6. The van der Waals surface area contributed by atoms with Crippen molar-refractivity contribution in [2.45, 2.75) is 55.5 Å². The van der Waals surface area contributed by atoms with Gasteiger partial charge >= 0.3 is 0 Å². The quantitative estimate of drug-likeness (QED) is 0.452. The van der Waals surface area contributed by atoms with Gasteiger partial charge in [-0.2, -0.15) is 8.42 Å². The van der Waals surface area contributed by atoms with Crippen molar-refractivity contribution in [3.8, 4) is 0 Å². The summed E-state index contributed by atoms with van der Waals surface area (Å²) in [6, 6.07) is 20.0. The number of halogens is 1. The number of nitrogens with one attached hydrogen (secondary N) is 1. The molecule has 3 aromatic rings. The summed E-state index contributed by atoms with van der Waals surface area (Å²) in [6.45, 7) is 4.60. The number of hydrogen-bond donors (Lipinski definition) is 2. The Balaban J connectivity index is 1.41. The second-order valence-corrected chi connectivity index (χ2v) is 11.4. The largest absolute Gasteiger partial charge is 0.379 e. The molecule has 0 amide bonds. The summed E-state index contributed by atoms with van der Waals surface area (Å²) in [5, 5.41) is 3.85. The minimum Gasteiger partial charge on any atom is -0.379 e. The predicted octanol–water partition coefficient (Wildman–Crippen LogP) is 5.75. The number of likely N-dealkylation sites (tertiary alicyclic amines) is 1. The van der Waals surface area contributed by atoms with E-state index in [1.165, 1.54) is 18.2 Å². The number of para-hydroxylation sites is 1. The number of benzene rings is 3. The lowest BCUT2D eigenvalue weighted by molar-refractivity contribution is 0.160. The van der Waals surface area contributed by atoms with E-state index in [0.717, 1.165) is 67.7 Å². The molecule has 1 fully saturated rings. The molecule has 0 aliphatic carbocycles. The first-order valence-corrected chi connectivity index (χ1v) is 13.6. The molecule has 184 valence electrons. The molecule has 3 aromatic carbocycles. The Hall–Kier alpha value is -2.74. The van der Waals surface area contributed by atoms with E-state index in [2.05, 4.69) is 22.3 Å².